The van der Waals surface area contributed by atoms with E-state index in [4.69, 9.17) is 16.1 Å². The van der Waals surface area contributed by atoms with Crippen LogP contribution in [0.15, 0.2) is 34.9 Å². The zero-order chi connectivity index (χ0) is 19.3. The minimum Gasteiger partial charge on any atom is -0.360 e. The Kier molecular flexibility index (Phi) is 7.11. The van der Waals surface area contributed by atoms with Crippen LogP contribution in [0.1, 0.15) is 31.2 Å². The number of thioether (sulfide) groups is 1. The van der Waals surface area contributed by atoms with Crippen molar-refractivity contribution >= 4 is 41.0 Å². The van der Waals surface area contributed by atoms with Crippen molar-refractivity contribution < 1.29 is 14.1 Å². The van der Waals surface area contributed by atoms with E-state index in [-0.39, 0.29) is 23.6 Å². The molecule has 1 aromatic heterocycles. The fraction of sp³-hybridized carbons (Fsp3) is 0.389. The number of carbonyl (C=O) groups is 2. The number of amides is 2. The molecule has 0 spiro atoms. The quantitative estimate of drug-likeness (QED) is 0.769. The van der Waals surface area contributed by atoms with E-state index >= 15 is 0 Å². The molecule has 1 aromatic carbocycles. The second-order valence-corrected chi connectivity index (χ2v) is 7.76. The van der Waals surface area contributed by atoms with E-state index in [1.54, 1.807) is 44.0 Å². The van der Waals surface area contributed by atoms with Gasteiger partial charge in [-0.15, -0.1) is 11.8 Å². The average molecular weight is 396 g/mol. The summed E-state index contributed by atoms with van der Waals surface area (Å²) in [5.41, 5.74) is 1.00. The van der Waals surface area contributed by atoms with Crippen LogP contribution in [-0.2, 0) is 9.59 Å². The fourth-order valence-corrected chi connectivity index (χ4v) is 3.14. The van der Waals surface area contributed by atoms with Crippen LogP contribution in [0.5, 0.6) is 0 Å². The first-order valence-corrected chi connectivity index (χ1v) is 9.57. The second-order valence-electron chi connectivity index (χ2n) is 6.00. The van der Waals surface area contributed by atoms with Crippen LogP contribution < -0.4 is 5.32 Å². The molecule has 1 N–H and O–H groups in total. The van der Waals surface area contributed by atoms with E-state index in [9.17, 15) is 9.59 Å². The molecular formula is C18H22ClN3O3S. The third-order valence-corrected chi connectivity index (χ3v) is 5.41. The number of hydrogen-bond donors (Lipinski definition) is 1. The fourth-order valence-electron chi connectivity index (χ4n) is 2.21. The Hall–Kier alpha value is -1.99. The summed E-state index contributed by atoms with van der Waals surface area (Å²) in [7, 11) is 1.76. The lowest BCUT2D eigenvalue weighted by Gasteiger charge is -2.25. The molecule has 0 saturated carbocycles. The van der Waals surface area contributed by atoms with Gasteiger partial charge >= 0.3 is 0 Å². The number of rotatable bonds is 7. The van der Waals surface area contributed by atoms with Gasteiger partial charge < -0.3 is 14.7 Å². The molecule has 140 valence electrons. The van der Waals surface area contributed by atoms with E-state index < -0.39 is 5.25 Å². The molecule has 26 heavy (non-hydrogen) atoms. The molecule has 0 aliphatic heterocycles. The normalized spacial score (nSPS) is 13.1. The maximum atomic E-state index is 12.4. The van der Waals surface area contributed by atoms with Gasteiger partial charge in [0.1, 0.15) is 5.76 Å². The molecular weight excluding hydrogens is 374 g/mol. The second kappa shape index (κ2) is 9.09. The number of carbonyl (C=O) groups excluding carboxylic acids is 2. The summed E-state index contributed by atoms with van der Waals surface area (Å²) in [5, 5.41) is 6.66. The minimum absolute atomic E-state index is 0.0469. The number of benzene rings is 1. The summed E-state index contributed by atoms with van der Waals surface area (Å²) in [4.78, 5) is 26.2. The van der Waals surface area contributed by atoms with Crippen molar-refractivity contribution in [3.8, 4) is 0 Å². The molecule has 6 nitrogen and oxygen atoms in total. The van der Waals surface area contributed by atoms with Crippen molar-refractivity contribution in [1.82, 2.24) is 10.1 Å². The molecule has 2 rings (SSSR count). The first kappa shape index (κ1) is 20.3. The Balaban J connectivity index is 1.84. The largest absolute Gasteiger partial charge is 0.360 e. The SMILES string of the molecule is Cc1cc(NC(=O)C(C)SCC(=O)N(C)C(C)c2ccc(Cl)cc2)no1. The number of aromatic nitrogens is 1. The summed E-state index contributed by atoms with van der Waals surface area (Å²) in [5.74, 6) is 0.938. The lowest BCUT2D eigenvalue weighted by Crippen LogP contribution is -2.32. The molecule has 8 heteroatoms. The number of halogens is 1. The van der Waals surface area contributed by atoms with Gasteiger partial charge in [-0.1, -0.05) is 28.9 Å². The Bertz CT molecular complexity index is 763. The molecule has 0 bridgehead atoms. The number of hydrogen-bond acceptors (Lipinski definition) is 5. The molecule has 2 atom stereocenters. The van der Waals surface area contributed by atoms with Gasteiger partial charge in [0.25, 0.3) is 0 Å². The summed E-state index contributed by atoms with van der Waals surface area (Å²) in [6.07, 6.45) is 0. The van der Waals surface area contributed by atoms with E-state index in [1.165, 1.54) is 11.8 Å². The van der Waals surface area contributed by atoms with Crippen LogP contribution in [0.4, 0.5) is 5.82 Å². The standard InChI is InChI=1S/C18H22ClN3O3S/c1-11-9-16(21-25-11)20-18(24)13(3)26-10-17(23)22(4)12(2)14-5-7-15(19)8-6-14/h5-9,12-13H,10H2,1-4H3,(H,20,21,24). The lowest BCUT2D eigenvalue weighted by atomic mass is 10.1. The number of nitrogens with zero attached hydrogens (tertiary/aromatic N) is 2. The third-order valence-electron chi connectivity index (χ3n) is 4.03. The molecule has 0 radical (unpaired) electrons. The molecule has 0 saturated heterocycles. The predicted octanol–water partition coefficient (Wildman–Crippen LogP) is 3.92. The molecule has 2 amide bonds. The number of aryl methyl sites for hydroxylation is 1. The highest BCUT2D eigenvalue weighted by atomic mass is 35.5. The minimum atomic E-state index is -0.393. The Morgan fingerprint density at radius 1 is 1.31 bits per heavy atom. The molecule has 2 aromatic rings. The van der Waals surface area contributed by atoms with Crippen LogP contribution in [0, 0.1) is 6.92 Å². The molecule has 0 fully saturated rings. The summed E-state index contributed by atoms with van der Waals surface area (Å²) in [6.45, 7) is 5.45. The lowest BCUT2D eigenvalue weighted by molar-refractivity contribution is -0.128. The molecule has 1 heterocycles. The highest BCUT2D eigenvalue weighted by molar-refractivity contribution is 8.01. The first-order chi connectivity index (χ1) is 12.3. The van der Waals surface area contributed by atoms with Gasteiger partial charge in [0.15, 0.2) is 5.82 Å². The van der Waals surface area contributed by atoms with Gasteiger partial charge in [-0.05, 0) is 38.5 Å². The smallest absolute Gasteiger partial charge is 0.238 e. The molecule has 0 aliphatic rings. The maximum Gasteiger partial charge on any atom is 0.238 e. The van der Waals surface area contributed by atoms with E-state index in [0.29, 0.717) is 16.6 Å². The van der Waals surface area contributed by atoms with E-state index in [1.807, 2.05) is 19.1 Å². The highest BCUT2D eigenvalue weighted by Crippen LogP contribution is 2.22. The van der Waals surface area contributed by atoms with Gasteiger partial charge in [0.05, 0.1) is 17.0 Å². The maximum absolute atomic E-state index is 12.4. The average Bonchev–Trinajstić information content (AvgIpc) is 3.03. The van der Waals surface area contributed by atoms with Crippen molar-refractivity contribution in [1.29, 1.82) is 0 Å². The van der Waals surface area contributed by atoms with Gasteiger partial charge in [0.2, 0.25) is 11.8 Å². The Morgan fingerprint density at radius 3 is 2.54 bits per heavy atom. The first-order valence-electron chi connectivity index (χ1n) is 8.15. The van der Waals surface area contributed by atoms with Crippen LogP contribution in [0.2, 0.25) is 5.02 Å². The van der Waals surface area contributed by atoms with Gasteiger partial charge in [0, 0.05) is 18.1 Å². The van der Waals surface area contributed by atoms with Crippen molar-refractivity contribution in [2.75, 3.05) is 18.1 Å². The van der Waals surface area contributed by atoms with Crippen molar-refractivity contribution in [2.24, 2.45) is 0 Å². The van der Waals surface area contributed by atoms with Crippen LogP contribution in [-0.4, -0.2) is 39.9 Å². The zero-order valence-corrected chi connectivity index (χ0v) is 16.7. The van der Waals surface area contributed by atoms with Crippen LogP contribution >= 0.6 is 23.4 Å². The Labute approximate surface area is 162 Å². The van der Waals surface area contributed by atoms with Crippen LogP contribution in [0.25, 0.3) is 0 Å². The molecule has 2 unspecified atom stereocenters. The summed E-state index contributed by atoms with van der Waals surface area (Å²) >= 11 is 7.18. The zero-order valence-electron chi connectivity index (χ0n) is 15.2. The van der Waals surface area contributed by atoms with E-state index in [2.05, 4.69) is 10.5 Å². The highest BCUT2D eigenvalue weighted by Gasteiger charge is 2.21. The van der Waals surface area contributed by atoms with Crippen molar-refractivity contribution in [3.63, 3.8) is 0 Å². The molecule has 0 aliphatic carbocycles. The third kappa shape index (κ3) is 5.51. The topological polar surface area (TPSA) is 75.4 Å². The van der Waals surface area contributed by atoms with Gasteiger partial charge in [-0.3, -0.25) is 9.59 Å². The Morgan fingerprint density at radius 2 is 1.96 bits per heavy atom. The number of nitrogens with one attached hydrogen (secondary N) is 1. The van der Waals surface area contributed by atoms with Crippen molar-refractivity contribution in [3.05, 3.63) is 46.7 Å². The summed E-state index contributed by atoms with van der Waals surface area (Å²) in [6, 6.07) is 8.97. The predicted molar refractivity (Wildman–Crippen MR) is 104 cm³/mol. The van der Waals surface area contributed by atoms with E-state index in [0.717, 1.165) is 5.56 Å². The summed E-state index contributed by atoms with van der Waals surface area (Å²) < 4.78 is 4.91. The van der Waals surface area contributed by atoms with Gasteiger partial charge in [-0.2, -0.15) is 0 Å². The monoisotopic (exact) mass is 395 g/mol. The van der Waals surface area contributed by atoms with Gasteiger partial charge in [-0.25, -0.2) is 0 Å². The number of anilines is 1. The van der Waals surface area contributed by atoms with Crippen LogP contribution in [0.3, 0.4) is 0 Å². The van der Waals surface area contributed by atoms with Crippen molar-refractivity contribution in [2.45, 2.75) is 32.1 Å².